The largest absolute Gasteiger partial charge is 0.436 e. The predicted molar refractivity (Wildman–Crippen MR) is 63.2 cm³/mol. The van der Waals surface area contributed by atoms with E-state index in [1.54, 1.807) is 0 Å². The maximum Gasteiger partial charge on any atom is 0.220 e. The molecule has 7 heteroatoms. The lowest BCUT2D eigenvalue weighted by molar-refractivity contribution is 0.318. The Morgan fingerprint density at radius 3 is 2.84 bits per heavy atom. The number of oxime groups is 1. The summed E-state index contributed by atoms with van der Waals surface area (Å²) < 4.78 is 31.5. The van der Waals surface area contributed by atoms with Gasteiger partial charge in [-0.2, -0.15) is 4.39 Å². The number of amidine groups is 1. The number of rotatable bonds is 3. The maximum atomic E-state index is 13.4. The Bertz CT molecular complexity index is 632. The Morgan fingerprint density at radius 2 is 2.11 bits per heavy atom. The first-order valence-corrected chi connectivity index (χ1v) is 5.17. The number of benzene rings is 1. The number of aromatic nitrogens is 1. The Kier molecular flexibility index (Phi) is 3.56. The summed E-state index contributed by atoms with van der Waals surface area (Å²) in [5, 5.41) is 11.4. The van der Waals surface area contributed by atoms with Crippen LogP contribution in [0.4, 0.5) is 8.78 Å². The Balaban J connectivity index is 2.31. The van der Waals surface area contributed by atoms with Gasteiger partial charge in [0.2, 0.25) is 11.7 Å². The highest BCUT2D eigenvalue weighted by molar-refractivity contribution is 5.97. The highest BCUT2D eigenvalue weighted by Gasteiger charge is 2.11. The molecule has 1 heterocycles. The van der Waals surface area contributed by atoms with Gasteiger partial charge in [-0.05, 0) is 18.2 Å². The Hall–Kier alpha value is -2.70. The van der Waals surface area contributed by atoms with E-state index in [1.165, 1.54) is 30.5 Å². The normalized spacial score (nSPS) is 11.4. The van der Waals surface area contributed by atoms with Gasteiger partial charge in [-0.3, -0.25) is 0 Å². The van der Waals surface area contributed by atoms with E-state index in [0.717, 1.165) is 6.07 Å². The lowest BCUT2D eigenvalue weighted by atomic mass is 10.2. The van der Waals surface area contributed by atoms with Gasteiger partial charge in [0.1, 0.15) is 0 Å². The molecule has 0 aliphatic heterocycles. The van der Waals surface area contributed by atoms with E-state index >= 15 is 0 Å². The number of nitrogens with two attached hydrogens (primary N) is 1. The van der Waals surface area contributed by atoms with Crippen molar-refractivity contribution in [1.29, 1.82) is 0 Å². The van der Waals surface area contributed by atoms with E-state index in [2.05, 4.69) is 10.1 Å². The molecule has 0 unspecified atom stereocenters. The van der Waals surface area contributed by atoms with Crippen LogP contribution in [-0.4, -0.2) is 16.0 Å². The smallest absolute Gasteiger partial charge is 0.220 e. The zero-order valence-corrected chi connectivity index (χ0v) is 9.55. The average molecular weight is 265 g/mol. The molecule has 0 bridgehead atoms. The quantitative estimate of drug-likeness (QED) is 0.386. The van der Waals surface area contributed by atoms with Crippen LogP contribution in [0.1, 0.15) is 5.56 Å². The molecule has 0 fully saturated rings. The summed E-state index contributed by atoms with van der Waals surface area (Å²) in [7, 11) is 0. The first kappa shape index (κ1) is 12.7. The number of pyridine rings is 1. The van der Waals surface area contributed by atoms with E-state index < -0.39 is 11.6 Å². The molecule has 98 valence electrons. The molecule has 0 saturated heterocycles. The highest BCUT2D eigenvalue weighted by atomic mass is 19.2. The van der Waals surface area contributed by atoms with E-state index in [-0.39, 0.29) is 17.5 Å². The summed E-state index contributed by atoms with van der Waals surface area (Å²) in [6.45, 7) is 0. The fourth-order valence-corrected chi connectivity index (χ4v) is 1.36. The van der Waals surface area contributed by atoms with Crippen LogP contribution in [0.15, 0.2) is 41.7 Å². The molecule has 0 aliphatic rings. The summed E-state index contributed by atoms with van der Waals surface area (Å²) in [5.74, 6) is -2.59. The van der Waals surface area contributed by atoms with Gasteiger partial charge in [-0.1, -0.05) is 11.2 Å². The van der Waals surface area contributed by atoms with Crippen LogP contribution in [0.3, 0.4) is 0 Å². The summed E-state index contributed by atoms with van der Waals surface area (Å²) >= 11 is 0. The molecule has 19 heavy (non-hydrogen) atoms. The molecule has 0 atom stereocenters. The third-order valence-corrected chi connectivity index (χ3v) is 2.27. The van der Waals surface area contributed by atoms with E-state index in [9.17, 15) is 8.78 Å². The third-order valence-electron chi connectivity index (χ3n) is 2.27. The van der Waals surface area contributed by atoms with Crippen molar-refractivity contribution in [1.82, 2.24) is 4.98 Å². The number of hydrogen-bond donors (Lipinski definition) is 2. The van der Waals surface area contributed by atoms with Crippen molar-refractivity contribution in [2.75, 3.05) is 0 Å². The average Bonchev–Trinajstić information content (AvgIpc) is 2.43. The number of ether oxygens (including phenoxy) is 1. The van der Waals surface area contributed by atoms with Crippen LogP contribution in [0, 0.1) is 11.6 Å². The van der Waals surface area contributed by atoms with Crippen LogP contribution in [0.2, 0.25) is 0 Å². The van der Waals surface area contributed by atoms with Crippen LogP contribution in [-0.2, 0) is 0 Å². The molecular formula is C12H9F2N3O2. The number of nitrogens with zero attached hydrogens (tertiary/aromatic N) is 2. The maximum absolute atomic E-state index is 13.4. The van der Waals surface area contributed by atoms with E-state index in [4.69, 9.17) is 15.7 Å². The molecular weight excluding hydrogens is 256 g/mol. The minimum atomic E-state index is -1.11. The molecule has 3 N–H and O–H groups in total. The SMILES string of the molecule is NC(=NO)c1ccnc(Oc2cccc(F)c2F)c1. The zero-order valence-electron chi connectivity index (χ0n) is 9.55. The lowest BCUT2D eigenvalue weighted by Gasteiger charge is -2.07. The molecule has 0 saturated carbocycles. The van der Waals surface area contributed by atoms with Gasteiger partial charge in [0, 0.05) is 17.8 Å². The molecule has 0 amide bonds. The second-order valence-corrected chi connectivity index (χ2v) is 3.52. The van der Waals surface area contributed by atoms with Gasteiger partial charge in [-0.25, -0.2) is 9.37 Å². The fraction of sp³-hybridized carbons (Fsp3) is 0. The fourth-order valence-electron chi connectivity index (χ4n) is 1.36. The van der Waals surface area contributed by atoms with Crippen molar-refractivity contribution >= 4 is 5.84 Å². The van der Waals surface area contributed by atoms with Crippen LogP contribution >= 0.6 is 0 Å². The van der Waals surface area contributed by atoms with Crippen molar-refractivity contribution < 1.29 is 18.7 Å². The van der Waals surface area contributed by atoms with Crippen LogP contribution in [0.25, 0.3) is 0 Å². The monoisotopic (exact) mass is 265 g/mol. The summed E-state index contributed by atoms with van der Waals surface area (Å²) in [5.41, 5.74) is 5.73. The van der Waals surface area contributed by atoms with Crippen molar-refractivity contribution in [2.45, 2.75) is 0 Å². The lowest BCUT2D eigenvalue weighted by Crippen LogP contribution is -2.13. The third kappa shape index (κ3) is 2.76. The first-order chi connectivity index (χ1) is 9.11. The van der Waals surface area contributed by atoms with Gasteiger partial charge < -0.3 is 15.7 Å². The second kappa shape index (κ2) is 5.30. The van der Waals surface area contributed by atoms with Crippen molar-refractivity contribution in [2.24, 2.45) is 10.9 Å². The molecule has 1 aromatic carbocycles. The minimum absolute atomic E-state index is 0.00593. The van der Waals surface area contributed by atoms with Gasteiger partial charge in [0.15, 0.2) is 17.4 Å². The van der Waals surface area contributed by atoms with Gasteiger partial charge in [-0.15, -0.1) is 0 Å². The van der Waals surface area contributed by atoms with Gasteiger partial charge in [0.25, 0.3) is 0 Å². The molecule has 0 spiro atoms. The van der Waals surface area contributed by atoms with Crippen molar-refractivity contribution in [3.05, 3.63) is 53.7 Å². The van der Waals surface area contributed by atoms with Crippen molar-refractivity contribution in [3.63, 3.8) is 0 Å². The molecule has 2 aromatic rings. The van der Waals surface area contributed by atoms with Gasteiger partial charge in [0.05, 0.1) is 0 Å². The summed E-state index contributed by atoms with van der Waals surface area (Å²) in [6, 6.07) is 6.35. The number of halogens is 2. The molecule has 0 aliphatic carbocycles. The van der Waals surface area contributed by atoms with Crippen molar-refractivity contribution in [3.8, 4) is 11.6 Å². The van der Waals surface area contributed by atoms with Crippen LogP contribution in [0.5, 0.6) is 11.6 Å². The van der Waals surface area contributed by atoms with Gasteiger partial charge >= 0.3 is 0 Å². The minimum Gasteiger partial charge on any atom is -0.436 e. The summed E-state index contributed by atoms with van der Waals surface area (Å²) in [6.07, 6.45) is 1.33. The highest BCUT2D eigenvalue weighted by Crippen LogP contribution is 2.24. The standard InChI is InChI=1S/C12H9F2N3O2/c13-8-2-1-3-9(11(8)14)19-10-6-7(4-5-16-10)12(15)17-18/h1-6,18H,(H2,15,17). The molecule has 2 rings (SSSR count). The van der Waals surface area contributed by atoms with E-state index in [1.807, 2.05) is 0 Å². The molecule has 1 aromatic heterocycles. The zero-order chi connectivity index (χ0) is 13.8. The summed E-state index contributed by atoms with van der Waals surface area (Å²) in [4.78, 5) is 3.82. The van der Waals surface area contributed by atoms with Crippen LogP contribution < -0.4 is 10.5 Å². The first-order valence-electron chi connectivity index (χ1n) is 5.17. The topological polar surface area (TPSA) is 80.7 Å². The Labute approximate surface area is 107 Å². The molecule has 5 nitrogen and oxygen atoms in total. The van der Waals surface area contributed by atoms with E-state index in [0.29, 0.717) is 5.56 Å². The molecule has 0 radical (unpaired) electrons. The predicted octanol–water partition coefficient (Wildman–Crippen LogP) is 2.25. The Morgan fingerprint density at radius 1 is 1.32 bits per heavy atom. The second-order valence-electron chi connectivity index (χ2n) is 3.52. The number of hydrogen-bond acceptors (Lipinski definition) is 4.